The minimum absolute atomic E-state index is 0.0399. The van der Waals surface area contributed by atoms with Crippen molar-refractivity contribution < 1.29 is 4.79 Å². The summed E-state index contributed by atoms with van der Waals surface area (Å²) in [4.78, 5) is 21.5. The van der Waals surface area contributed by atoms with E-state index in [0.717, 1.165) is 12.1 Å². The number of amides is 1. The minimum atomic E-state index is -0.0399. The van der Waals surface area contributed by atoms with E-state index < -0.39 is 0 Å². The number of rotatable bonds is 2. The molecule has 5 aliphatic rings. The second-order valence-electron chi connectivity index (χ2n) is 6.90. The van der Waals surface area contributed by atoms with Gasteiger partial charge in [-0.25, -0.2) is 4.99 Å². The number of carbonyl (C=O) groups excluding carboxylic acids is 1. The number of carbonyl (C=O) groups is 1. The van der Waals surface area contributed by atoms with Crippen LogP contribution in [0.1, 0.15) is 32.6 Å². The number of fused-ring (bicyclic) bond motifs is 5. The highest BCUT2D eigenvalue weighted by molar-refractivity contribution is 5.96. The summed E-state index contributed by atoms with van der Waals surface area (Å²) in [6, 6.07) is 0.662. The summed E-state index contributed by atoms with van der Waals surface area (Å²) in [5.41, 5.74) is 1.55. The van der Waals surface area contributed by atoms with Crippen LogP contribution in [0.3, 0.4) is 0 Å². The second-order valence-corrected chi connectivity index (χ2v) is 6.90. The van der Waals surface area contributed by atoms with Crippen molar-refractivity contribution in [1.82, 2.24) is 15.1 Å². The van der Waals surface area contributed by atoms with Gasteiger partial charge in [0.2, 0.25) is 0 Å². The lowest BCUT2D eigenvalue weighted by Gasteiger charge is -2.41. The maximum absolute atomic E-state index is 12.7. The summed E-state index contributed by atoms with van der Waals surface area (Å²) < 4.78 is 0. The zero-order valence-corrected chi connectivity index (χ0v) is 13.6. The number of aliphatic imine (C=N–C) groups is 1. The molecule has 0 aromatic rings. The Morgan fingerprint density at radius 3 is 3.17 bits per heavy atom. The van der Waals surface area contributed by atoms with Gasteiger partial charge in [-0.15, -0.1) is 0 Å². The maximum Gasteiger partial charge on any atom is 0.270 e. The number of piperidine rings is 1. The van der Waals surface area contributed by atoms with Crippen LogP contribution in [0.25, 0.3) is 0 Å². The van der Waals surface area contributed by atoms with E-state index in [-0.39, 0.29) is 11.9 Å². The Labute approximate surface area is 137 Å². The molecule has 5 rings (SSSR count). The van der Waals surface area contributed by atoms with E-state index in [2.05, 4.69) is 34.3 Å². The number of nitrogens with zero attached hydrogens (tertiary/aromatic N) is 3. The van der Waals surface area contributed by atoms with Crippen molar-refractivity contribution in [2.45, 2.75) is 44.7 Å². The molecule has 3 saturated heterocycles. The Kier molecular flexibility index (Phi) is 3.81. The van der Waals surface area contributed by atoms with Crippen molar-refractivity contribution in [3.05, 3.63) is 35.8 Å². The molecule has 0 saturated carbocycles. The zero-order chi connectivity index (χ0) is 15.8. The van der Waals surface area contributed by atoms with Crippen molar-refractivity contribution >= 4 is 12.2 Å². The molecule has 0 aliphatic carbocycles. The Balaban J connectivity index is 1.49. The lowest BCUT2D eigenvalue weighted by Crippen LogP contribution is -2.56. The van der Waals surface area contributed by atoms with Crippen LogP contribution in [0.5, 0.6) is 0 Å². The smallest absolute Gasteiger partial charge is 0.270 e. The third kappa shape index (κ3) is 2.74. The molecule has 0 aromatic carbocycles. The summed E-state index contributed by atoms with van der Waals surface area (Å²) in [7, 11) is 0. The third-order valence-electron chi connectivity index (χ3n) is 5.57. The molecule has 5 nitrogen and oxygen atoms in total. The summed E-state index contributed by atoms with van der Waals surface area (Å²) in [5, 5.41) is 3.28. The van der Waals surface area contributed by atoms with Gasteiger partial charge < -0.3 is 10.2 Å². The first kappa shape index (κ1) is 14.7. The third-order valence-corrected chi connectivity index (χ3v) is 5.57. The average molecular weight is 312 g/mol. The fourth-order valence-corrected chi connectivity index (χ4v) is 4.21. The van der Waals surface area contributed by atoms with Gasteiger partial charge in [0.05, 0.1) is 6.34 Å². The summed E-state index contributed by atoms with van der Waals surface area (Å²) in [5.74, 6) is 0.566. The van der Waals surface area contributed by atoms with E-state index >= 15 is 0 Å². The molecule has 122 valence electrons. The SMILES string of the molecule is C[C@H]1[C@H](NC(=O)C2=CC3=CCC=CN3C=N2)C2CCCN1CC2. The minimum Gasteiger partial charge on any atom is -0.346 e. The topological polar surface area (TPSA) is 47.9 Å². The van der Waals surface area contributed by atoms with Crippen molar-refractivity contribution in [3.63, 3.8) is 0 Å². The van der Waals surface area contributed by atoms with E-state index in [0.29, 0.717) is 17.7 Å². The van der Waals surface area contributed by atoms with Crippen molar-refractivity contribution in [2.24, 2.45) is 10.9 Å². The Hall–Kier alpha value is -1.88. The second kappa shape index (κ2) is 5.96. The molecule has 5 heteroatoms. The first-order valence-electron chi connectivity index (χ1n) is 8.68. The van der Waals surface area contributed by atoms with Crippen molar-refractivity contribution in [2.75, 3.05) is 13.1 Å². The lowest BCUT2D eigenvalue weighted by molar-refractivity contribution is -0.119. The van der Waals surface area contributed by atoms with Gasteiger partial charge in [0.15, 0.2) is 0 Å². The van der Waals surface area contributed by atoms with Crippen LogP contribution >= 0.6 is 0 Å². The molecule has 3 fully saturated rings. The predicted molar refractivity (Wildman–Crippen MR) is 90.6 cm³/mol. The van der Waals surface area contributed by atoms with Crippen LogP contribution in [0.15, 0.2) is 40.8 Å². The zero-order valence-electron chi connectivity index (χ0n) is 13.6. The van der Waals surface area contributed by atoms with E-state index in [9.17, 15) is 4.79 Å². The fourth-order valence-electron chi connectivity index (χ4n) is 4.21. The van der Waals surface area contributed by atoms with Gasteiger partial charge in [0.25, 0.3) is 5.91 Å². The van der Waals surface area contributed by atoms with E-state index in [1.54, 1.807) is 6.34 Å². The van der Waals surface area contributed by atoms with Crippen molar-refractivity contribution in [1.29, 1.82) is 0 Å². The van der Waals surface area contributed by atoms with Gasteiger partial charge in [-0.2, -0.15) is 0 Å². The molecule has 0 spiro atoms. The van der Waals surface area contributed by atoms with E-state index in [1.807, 2.05) is 17.2 Å². The Morgan fingerprint density at radius 2 is 2.26 bits per heavy atom. The molecule has 5 aliphatic heterocycles. The molecule has 23 heavy (non-hydrogen) atoms. The van der Waals surface area contributed by atoms with E-state index in [4.69, 9.17) is 0 Å². The summed E-state index contributed by atoms with van der Waals surface area (Å²) in [6.07, 6.45) is 14.4. The molecule has 4 atom stereocenters. The van der Waals surface area contributed by atoms with Gasteiger partial charge in [0, 0.05) is 24.0 Å². The number of nitrogens with one attached hydrogen (secondary N) is 1. The number of hydrogen-bond acceptors (Lipinski definition) is 4. The van der Waals surface area contributed by atoms with Crippen molar-refractivity contribution in [3.8, 4) is 0 Å². The molecular weight excluding hydrogens is 288 g/mol. The van der Waals surface area contributed by atoms with Gasteiger partial charge in [-0.05, 0) is 57.7 Å². The molecule has 2 unspecified atom stereocenters. The highest BCUT2D eigenvalue weighted by Gasteiger charge is 2.38. The Bertz CT molecular complexity index is 613. The number of allylic oxidation sites excluding steroid dienone is 3. The standard InChI is InChI=1S/C18H24N4O/c1-13-17(14-5-4-9-21(13)10-7-14)20-18(23)16-11-15-6-2-3-8-22(15)12-19-16/h3,6,8,11-14,17H,2,4-5,7,9-10H2,1H3,(H,20,23)/t13-,14?,17-/m0/s1. The fraction of sp³-hybridized carbons (Fsp3) is 0.556. The average Bonchev–Trinajstić information content (AvgIpc) is 2.90. The molecule has 1 N–H and O–H groups in total. The van der Waals surface area contributed by atoms with Gasteiger partial charge in [-0.3, -0.25) is 9.69 Å². The maximum atomic E-state index is 12.7. The molecule has 0 radical (unpaired) electrons. The molecular formula is C18H24N4O. The Morgan fingerprint density at radius 1 is 1.35 bits per heavy atom. The predicted octanol–water partition coefficient (Wildman–Crippen LogP) is 2.00. The molecule has 1 amide bonds. The highest BCUT2D eigenvalue weighted by Crippen LogP contribution is 2.31. The highest BCUT2D eigenvalue weighted by atomic mass is 16.2. The summed E-state index contributed by atoms with van der Waals surface area (Å²) >= 11 is 0. The van der Waals surface area contributed by atoms with Gasteiger partial charge >= 0.3 is 0 Å². The van der Waals surface area contributed by atoms with Crippen LogP contribution in [0.2, 0.25) is 0 Å². The normalized spacial score (nSPS) is 35.3. The first-order chi connectivity index (χ1) is 11.2. The monoisotopic (exact) mass is 312 g/mol. The van der Waals surface area contributed by atoms with Crippen LogP contribution in [-0.4, -0.2) is 47.2 Å². The van der Waals surface area contributed by atoms with Crippen LogP contribution in [0.4, 0.5) is 0 Å². The van der Waals surface area contributed by atoms with Crippen LogP contribution < -0.4 is 5.32 Å². The van der Waals surface area contributed by atoms with Crippen LogP contribution in [-0.2, 0) is 4.79 Å². The lowest BCUT2D eigenvalue weighted by atomic mass is 9.85. The molecule has 2 bridgehead atoms. The first-order valence-corrected chi connectivity index (χ1v) is 8.68. The summed E-state index contributed by atoms with van der Waals surface area (Å²) in [6.45, 7) is 4.59. The molecule has 0 aromatic heterocycles. The van der Waals surface area contributed by atoms with Gasteiger partial charge in [0.1, 0.15) is 5.70 Å². The van der Waals surface area contributed by atoms with Crippen LogP contribution in [0, 0.1) is 5.92 Å². The molecule has 5 heterocycles. The van der Waals surface area contributed by atoms with E-state index in [1.165, 1.54) is 32.4 Å². The quantitative estimate of drug-likeness (QED) is 0.848. The van der Waals surface area contributed by atoms with Gasteiger partial charge in [-0.1, -0.05) is 12.2 Å². The number of hydrogen-bond donors (Lipinski definition) is 1. The largest absolute Gasteiger partial charge is 0.346 e.